The molecule has 3 heterocycles. The maximum atomic E-state index is 5.16. The maximum Gasteiger partial charge on any atom is 0.147 e. The van der Waals surface area contributed by atoms with Crippen LogP contribution in [0.1, 0.15) is 81.7 Å². The highest BCUT2D eigenvalue weighted by Gasteiger charge is 2.25. The van der Waals surface area contributed by atoms with E-state index in [1.807, 2.05) is 34.0 Å². The van der Waals surface area contributed by atoms with Gasteiger partial charge in [-0.25, -0.2) is 9.97 Å². The van der Waals surface area contributed by atoms with Gasteiger partial charge in [0.05, 0.1) is 18.2 Å². The monoisotopic (exact) mass is 546 g/mol. The van der Waals surface area contributed by atoms with Crippen LogP contribution in [0.2, 0.25) is 0 Å². The van der Waals surface area contributed by atoms with Gasteiger partial charge in [-0.3, -0.25) is 4.40 Å². The summed E-state index contributed by atoms with van der Waals surface area (Å²) in [6, 6.07) is 17.7. The minimum Gasteiger partial charge on any atom is -0.319 e. The van der Waals surface area contributed by atoms with Crippen LogP contribution in [0.25, 0.3) is 50.0 Å². The highest BCUT2D eigenvalue weighted by Crippen LogP contribution is 2.43. The van der Waals surface area contributed by atoms with Crippen molar-refractivity contribution in [3.63, 3.8) is 0 Å². The van der Waals surface area contributed by atoms with Gasteiger partial charge in [0, 0.05) is 23.4 Å². The summed E-state index contributed by atoms with van der Waals surface area (Å²) < 4.78 is 4.49. The van der Waals surface area contributed by atoms with Crippen LogP contribution in [-0.4, -0.2) is 18.9 Å². The van der Waals surface area contributed by atoms with E-state index in [-0.39, 0.29) is 0 Å². The van der Waals surface area contributed by atoms with Gasteiger partial charge < -0.3 is 4.57 Å². The fraction of sp³-hybridized carbons (Fsp3) is 0.351. The van der Waals surface area contributed by atoms with E-state index in [1.165, 1.54) is 55.3 Å². The number of pyridine rings is 1. The average Bonchev–Trinajstić information content (AvgIpc) is 3.58. The fourth-order valence-electron chi connectivity index (χ4n) is 6.19. The lowest BCUT2D eigenvalue weighted by Crippen LogP contribution is -2.03. The van der Waals surface area contributed by atoms with Crippen molar-refractivity contribution in [3.8, 4) is 22.4 Å². The molecule has 4 nitrogen and oxygen atoms in total. The Hall–Kier alpha value is -3.92. The minimum absolute atomic E-state index is 0.403. The molecule has 3 aromatic carbocycles. The fourth-order valence-corrected chi connectivity index (χ4v) is 6.19. The van der Waals surface area contributed by atoms with Crippen molar-refractivity contribution in [2.75, 3.05) is 0 Å². The first kappa shape index (κ1) is 30.0. The summed E-state index contributed by atoms with van der Waals surface area (Å²) in [7, 11) is 2.09. The third-order valence-corrected chi connectivity index (χ3v) is 8.21. The van der Waals surface area contributed by atoms with Gasteiger partial charge in [0.1, 0.15) is 16.8 Å². The summed E-state index contributed by atoms with van der Waals surface area (Å²) in [4.78, 5) is 10.2. The number of benzene rings is 3. The Morgan fingerprint density at radius 2 is 1.29 bits per heavy atom. The van der Waals surface area contributed by atoms with E-state index in [4.69, 9.17) is 9.97 Å². The van der Waals surface area contributed by atoms with E-state index >= 15 is 0 Å². The molecule has 0 N–H and O–H groups in total. The molecule has 0 saturated heterocycles. The van der Waals surface area contributed by atoms with E-state index < -0.39 is 0 Å². The first-order valence-electron chi connectivity index (χ1n) is 15.2. The van der Waals surface area contributed by atoms with E-state index in [2.05, 4.69) is 112 Å². The molecular weight excluding hydrogens is 500 g/mol. The van der Waals surface area contributed by atoms with Crippen LogP contribution in [0.3, 0.4) is 0 Å². The molecule has 0 fully saturated rings. The van der Waals surface area contributed by atoms with Crippen LogP contribution in [0.4, 0.5) is 0 Å². The van der Waals surface area contributed by atoms with Crippen LogP contribution in [0.15, 0.2) is 61.1 Å². The molecule has 1 unspecified atom stereocenters. The normalized spacial score (nSPS) is 11.8. The zero-order valence-electron chi connectivity index (χ0n) is 26.8. The number of nitrogens with zero attached hydrogens (tertiary/aromatic N) is 4. The Bertz CT molecular complexity index is 1790. The van der Waals surface area contributed by atoms with Crippen LogP contribution < -0.4 is 0 Å². The summed E-state index contributed by atoms with van der Waals surface area (Å²) >= 11 is 0. The molecule has 1 atom stereocenters. The lowest BCUT2D eigenvalue weighted by Gasteiger charge is -2.20. The molecule has 0 aliphatic rings. The van der Waals surface area contributed by atoms with Crippen LogP contribution in [0.5, 0.6) is 0 Å². The third-order valence-electron chi connectivity index (χ3n) is 8.21. The number of aryl methyl sites for hydroxylation is 5. The highest BCUT2D eigenvalue weighted by molar-refractivity contribution is 6.18. The molecule has 6 rings (SSSR count). The van der Waals surface area contributed by atoms with Crippen molar-refractivity contribution < 1.29 is 0 Å². The van der Waals surface area contributed by atoms with Gasteiger partial charge in [0.15, 0.2) is 0 Å². The number of imidazole rings is 2. The number of aromatic nitrogens is 4. The van der Waals surface area contributed by atoms with Gasteiger partial charge in [0.2, 0.25) is 0 Å². The number of rotatable bonds is 4. The van der Waals surface area contributed by atoms with Crippen LogP contribution in [0, 0.1) is 27.7 Å². The Kier molecular flexibility index (Phi) is 9.01. The standard InChI is InChI=1S/C33H34N4.2C2H6/c1-8-19(2)24-15-16-25(27-20(3)11-9-12-21(27)4)29-30(24)32-34-17-26(28-22(5)13-10-14-23(28)6)37(32)33-31(29)35-18-36(33)7;2*1-2/h9-19H,8H2,1-7H3;2*1-2H3. The number of hydrogen-bond acceptors (Lipinski definition) is 2. The quantitative estimate of drug-likeness (QED) is 0.220. The van der Waals surface area contributed by atoms with Crippen LogP contribution in [-0.2, 0) is 7.05 Å². The van der Waals surface area contributed by atoms with Crippen LogP contribution >= 0.6 is 0 Å². The topological polar surface area (TPSA) is 35.1 Å². The average molecular weight is 547 g/mol. The Labute approximate surface area is 246 Å². The van der Waals surface area contributed by atoms with Crippen molar-refractivity contribution in [2.45, 2.75) is 81.6 Å². The van der Waals surface area contributed by atoms with Gasteiger partial charge in [-0.2, -0.15) is 0 Å². The largest absolute Gasteiger partial charge is 0.319 e. The lowest BCUT2D eigenvalue weighted by molar-refractivity contribution is 0.740. The third kappa shape index (κ3) is 4.84. The summed E-state index contributed by atoms with van der Waals surface area (Å²) in [5, 5.41) is 2.43. The van der Waals surface area contributed by atoms with Gasteiger partial charge in [0.25, 0.3) is 0 Å². The summed E-state index contributed by atoms with van der Waals surface area (Å²) in [5.41, 5.74) is 14.4. The predicted octanol–water partition coefficient (Wildman–Crippen LogP) is 10.5. The lowest BCUT2D eigenvalue weighted by atomic mass is 9.86. The number of fused-ring (bicyclic) bond motifs is 6. The molecule has 214 valence electrons. The van der Waals surface area contributed by atoms with Gasteiger partial charge in [-0.1, -0.05) is 90.1 Å². The molecule has 0 radical (unpaired) electrons. The first-order chi connectivity index (χ1) is 19.8. The van der Waals surface area contributed by atoms with Crippen molar-refractivity contribution in [1.29, 1.82) is 0 Å². The second-order valence-corrected chi connectivity index (χ2v) is 10.6. The van der Waals surface area contributed by atoms with Crippen molar-refractivity contribution >= 4 is 27.6 Å². The molecule has 0 spiro atoms. The van der Waals surface area contributed by atoms with Gasteiger partial charge in [-0.05, 0) is 79.0 Å². The second-order valence-electron chi connectivity index (χ2n) is 10.6. The Balaban J connectivity index is 0.000000929. The maximum absolute atomic E-state index is 5.16. The molecule has 4 heteroatoms. The highest BCUT2D eigenvalue weighted by atomic mass is 15.2. The van der Waals surface area contributed by atoms with Crippen molar-refractivity contribution in [1.82, 2.24) is 18.9 Å². The van der Waals surface area contributed by atoms with Gasteiger partial charge in [-0.15, -0.1) is 0 Å². The smallest absolute Gasteiger partial charge is 0.147 e. The first-order valence-corrected chi connectivity index (χ1v) is 15.2. The summed E-state index contributed by atoms with van der Waals surface area (Å²) in [6.07, 6.45) is 5.07. The number of hydrogen-bond donors (Lipinski definition) is 0. The zero-order valence-corrected chi connectivity index (χ0v) is 26.8. The summed E-state index contributed by atoms with van der Waals surface area (Å²) in [6.45, 7) is 21.4. The molecule has 41 heavy (non-hydrogen) atoms. The summed E-state index contributed by atoms with van der Waals surface area (Å²) in [5.74, 6) is 0.403. The van der Waals surface area contributed by atoms with Gasteiger partial charge >= 0.3 is 0 Å². The Morgan fingerprint density at radius 1 is 0.732 bits per heavy atom. The second kappa shape index (κ2) is 12.3. The van der Waals surface area contributed by atoms with Crippen molar-refractivity contribution in [2.24, 2.45) is 7.05 Å². The molecule has 0 bridgehead atoms. The Morgan fingerprint density at radius 3 is 1.85 bits per heavy atom. The zero-order chi connectivity index (χ0) is 30.0. The van der Waals surface area contributed by atoms with E-state index in [1.54, 1.807) is 0 Å². The SMILES string of the molecule is CC.CC.CCC(C)c1ccc(-c2c(C)cccc2C)c2c3ncn(C)c3n3c(-c4c(C)cccc4C)cnc3c12. The minimum atomic E-state index is 0.403. The molecule has 0 saturated carbocycles. The predicted molar refractivity (Wildman–Crippen MR) is 178 cm³/mol. The molecule has 0 amide bonds. The van der Waals surface area contributed by atoms with E-state index in [0.717, 1.165) is 28.9 Å². The molecule has 0 aliphatic heterocycles. The van der Waals surface area contributed by atoms with E-state index in [9.17, 15) is 0 Å². The van der Waals surface area contributed by atoms with E-state index in [0.29, 0.717) is 5.92 Å². The van der Waals surface area contributed by atoms with Crippen molar-refractivity contribution in [3.05, 3.63) is 88.9 Å². The molecule has 6 aromatic rings. The molecule has 0 aliphatic carbocycles. The molecular formula is C37H46N4. The molecule has 3 aromatic heterocycles.